The van der Waals surface area contributed by atoms with E-state index in [1.807, 2.05) is 18.2 Å². The second kappa shape index (κ2) is 10.8. The van der Waals surface area contributed by atoms with E-state index in [4.69, 9.17) is 9.47 Å². The van der Waals surface area contributed by atoms with Crippen LogP contribution < -0.4 is 20.3 Å². The first-order valence-electron chi connectivity index (χ1n) is 13.8. The molecule has 3 aliphatic rings. The molecule has 1 aromatic carbocycles. The summed E-state index contributed by atoms with van der Waals surface area (Å²) in [6, 6.07) is 4.91. The molecule has 1 heterocycles. The molecular weight excluding hydrogens is 496 g/mol. The van der Waals surface area contributed by atoms with E-state index >= 15 is 0 Å². The molecule has 0 aromatic heterocycles. The average Bonchev–Trinajstić information content (AvgIpc) is 2.84. The van der Waals surface area contributed by atoms with Crippen LogP contribution in [0.15, 0.2) is 40.7 Å². The van der Waals surface area contributed by atoms with Crippen LogP contribution >= 0.6 is 0 Å². The van der Waals surface area contributed by atoms with Crippen LogP contribution in [-0.2, 0) is 14.4 Å². The summed E-state index contributed by atoms with van der Waals surface area (Å²) in [5, 5.41) is 11.2. The van der Waals surface area contributed by atoms with Gasteiger partial charge in [0.15, 0.2) is 23.1 Å². The number of carboxylic acids is 1. The third-order valence-corrected chi connectivity index (χ3v) is 8.28. The minimum atomic E-state index is -1.14. The monoisotopic (exact) mass is 538 g/mol. The van der Waals surface area contributed by atoms with Crippen LogP contribution in [0.2, 0.25) is 0 Å². The highest BCUT2D eigenvalue weighted by Crippen LogP contribution is 2.55. The Morgan fingerprint density at radius 3 is 1.97 bits per heavy atom. The van der Waals surface area contributed by atoms with Crippen LogP contribution in [-0.4, -0.2) is 49.2 Å². The molecule has 1 atom stereocenters. The zero-order chi connectivity index (χ0) is 28.7. The van der Waals surface area contributed by atoms with Gasteiger partial charge < -0.3 is 30.0 Å². The van der Waals surface area contributed by atoms with Crippen molar-refractivity contribution in [2.45, 2.75) is 84.6 Å². The normalized spacial score (nSPS) is 21.5. The Morgan fingerprint density at radius 2 is 1.49 bits per heavy atom. The standard InChI is InChI=1S/C31H42N2O6/c1-30(2)14-20-27(22(34)16-30)26(18-10-11-24(38-5)25(13-18)39-6)28-21(15-31(3,4)17-23(28)35)33(20)12-8-7-9-19(32)29(36)37/h10-11,13,19,26H,7-9,12,14-17,32H2,1-6H3,(H,36,37)/t19-/m1/s1. The van der Waals surface area contributed by atoms with Gasteiger partial charge in [-0.1, -0.05) is 33.8 Å². The van der Waals surface area contributed by atoms with Gasteiger partial charge in [-0.2, -0.15) is 0 Å². The first kappa shape index (κ1) is 28.9. The van der Waals surface area contributed by atoms with Gasteiger partial charge in [0.05, 0.1) is 20.2 Å². The molecule has 4 rings (SSSR count). The third kappa shape index (κ3) is 5.76. The van der Waals surface area contributed by atoms with Crippen molar-refractivity contribution in [2.75, 3.05) is 20.8 Å². The molecule has 0 fully saturated rings. The molecule has 0 unspecified atom stereocenters. The number of carbonyl (C=O) groups is 3. The van der Waals surface area contributed by atoms with Gasteiger partial charge in [-0.15, -0.1) is 0 Å². The minimum Gasteiger partial charge on any atom is -0.544 e. The molecule has 8 nitrogen and oxygen atoms in total. The maximum Gasteiger partial charge on any atom is 0.162 e. The van der Waals surface area contributed by atoms with Gasteiger partial charge >= 0.3 is 0 Å². The Hall–Kier alpha value is -3.13. The average molecular weight is 539 g/mol. The Labute approximate surface area is 231 Å². The Morgan fingerprint density at radius 1 is 0.949 bits per heavy atom. The third-order valence-electron chi connectivity index (χ3n) is 8.28. The number of ketones is 2. The number of benzene rings is 1. The first-order valence-corrected chi connectivity index (χ1v) is 13.8. The van der Waals surface area contributed by atoms with Crippen LogP contribution in [0.5, 0.6) is 11.5 Å². The number of Topliss-reactive ketones (excluding diaryl/α,β-unsaturated/α-hetero) is 2. The molecule has 1 aliphatic heterocycles. The van der Waals surface area contributed by atoms with Crippen LogP contribution in [0.1, 0.15) is 84.1 Å². The fraction of sp³-hybridized carbons (Fsp3) is 0.581. The lowest BCUT2D eigenvalue weighted by Gasteiger charge is -2.49. The molecule has 2 aliphatic carbocycles. The van der Waals surface area contributed by atoms with E-state index < -0.39 is 17.9 Å². The highest BCUT2D eigenvalue weighted by Gasteiger charge is 2.48. The summed E-state index contributed by atoms with van der Waals surface area (Å²) in [5.74, 6) is -0.297. The number of methoxy groups -OCH3 is 2. The van der Waals surface area contributed by atoms with Gasteiger partial charge in [-0.25, -0.2) is 0 Å². The van der Waals surface area contributed by atoms with E-state index in [0.29, 0.717) is 54.9 Å². The van der Waals surface area contributed by atoms with Crippen LogP contribution in [0, 0.1) is 10.8 Å². The zero-order valence-electron chi connectivity index (χ0n) is 24.1. The Balaban J connectivity index is 1.85. The number of unbranched alkanes of at least 4 members (excludes halogenated alkanes) is 1. The maximum absolute atomic E-state index is 13.9. The second-order valence-corrected chi connectivity index (χ2v) is 12.8. The van der Waals surface area contributed by atoms with E-state index in [1.165, 1.54) is 0 Å². The molecule has 0 bridgehead atoms. The zero-order valence-corrected chi connectivity index (χ0v) is 24.1. The lowest BCUT2D eigenvalue weighted by Crippen LogP contribution is -2.68. The number of hydrogen-bond donors (Lipinski definition) is 1. The summed E-state index contributed by atoms with van der Waals surface area (Å²) in [6.45, 7) is 9.08. The predicted molar refractivity (Wildman–Crippen MR) is 145 cm³/mol. The molecule has 1 aromatic rings. The van der Waals surface area contributed by atoms with E-state index in [2.05, 4.69) is 38.3 Å². The lowest BCUT2D eigenvalue weighted by molar-refractivity contribution is -0.438. The Kier molecular flexibility index (Phi) is 7.99. The summed E-state index contributed by atoms with van der Waals surface area (Å²) in [5.41, 5.74) is 7.50. The van der Waals surface area contributed by atoms with Crippen molar-refractivity contribution in [3.63, 3.8) is 0 Å². The smallest absolute Gasteiger partial charge is 0.162 e. The van der Waals surface area contributed by atoms with Gasteiger partial charge in [0, 0.05) is 54.3 Å². The molecule has 3 N–H and O–H groups in total. The SMILES string of the molecule is COc1ccc(C2C3=C(CC(C)(C)CC3=O)N(CCCC[C@@H]([NH3+])C(=O)[O-])C3=C2C(=O)CC(C)(C)C3)cc1OC. The molecule has 0 radical (unpaired) electrons. The van der Waals surface area contributed by atoms with Crippen molar-refractivity contribution in [3.05, 3.63) is 46.3 Å². The summed E-state index contributed by atoms with van der Waals surface area (Å²) in [7, 11) is 3.17. The number of quaternary nitrogens is 1. The van der Waals surface area contributed by atoms with Crippen molar-refractivity contribution >= 4 is 17.5 Å². The molecule has 0 saturated heterocycles. The van der Waals surface area contributed by atoms with E-state index in [1.54, 1.807) is 14.2 Å². The van der Waals surface area contributed by atoms with Gasteiger partial charge in [0.25, 0.3) is 0 Å². The van der Waals surface area contributed by atoms with E-state index in [0.717, 1.165) is 36.2 Å². The largest absolute Gasteiger partial charge is 0.544 e. The van der Waals surface area contributed by atoms with Gasteiger partial charge in [0.1, 0.15) is 6.04 Å². The quantitative estimate of drug-likeness (QED) is 0.480. The highest BCUT2D eigenvalue weighted by molar-refractivity contribution is 6.06. The highest BCUT2D eigenvalue weighted by atomic mass is 16.5. The van der Waals surface area contributed by atoms with Gasteiger partial charge in [0.2, 0.25) is 0 Å². The number of carboxylic acid groups (broad SMARTS) is 1. The topological polar surface area (TPSA) is 124 Å². The van der Waals surface area contributed by atoms with Crippen molar-refractivity contribution in [1.82, 2.24) is 4.90 Å². The number of allylic oxidation sites excluding steroid dienone is 4. The number of rotatable bonds is 9. The summed E-state index contributed by atoms with van der Waals surface area (Å²) >= 11 is 0. The predicted octanol–water partition coefficient (Wildman–Crippen LogP) is 2.92. The molecule has 8 heteroatoms. The second-order valence-electron chi connectivity index (χ2n) is 12.8. The number of ether oxygens (including phenoxy) is 2. The molecule has 39 heavy (non-hydrogen) atoms. The van der Waals surface area contributed by atoms with Crippen molar-refractivity contribution in [1.29, 1.82) is 0 Å². The van der Waals surface area contributed by atoms with Crippen molar-refractivity contribution < 1.29 is 34.7 Å². The van der Waals surface area contributed by atoms with Crippen molar-refractivity contribution in [2.24, 2.45) is 10.8 Å². The summed E-state index contributed by atoms with van der Waals surface area (Å²) in [6.07, 6.45) is 4.09. The maximum atomic E-state index is 13.9. The number of hydrogen-bond acceptors (Lipinski definition) is 7. The molecule has 0 saturated carbocycles. The first-order chi connectivity index (χ1) is 18.3. The van der Waals surface area contributed by atoms with Crippen LogP contribution in [0.3, 0.4) is 0 Å². The van der Waals surface area contributed by atoms with Gasteiger partial charge in [-0.05, 0) is 54.2 Å². The van der Waals surface area contributed by atoms with Crippen LogP contribution in [0.25, 0.3) is 0 Å². The van der Waals surface area contributed by atoms with E-state index in [-0.39, 0.29) is 22.4 Å². The number of nitrogens with zero attached hydrogens (tertiary/aromatic N) is 1. The van der Waals surface area contributed by atoms with Crippen LogP contribution in [0.4, 0.5) is 0 Å². The summed E-state index contributed by atoms with van der Waals surface area (Å²) in [4.78, 5) is 41.2. The number of carbonyl (C=O) groups excluding carboxylic acids is 3. The number of aliphatic carboxylic acids is 1. The minimum absolute atomic E-state index is 0.0741. The molecular formula is C31H42N2O6. The Bertz CT molecular complexity index is 1190. The summed E-state index contributed by atoms with van der Waals surface area (Å²) < 4.78 is 11.0. The molecule has 0 spiro atoms. The lowest BCUT2D eigenvalue weighted by atomic mass is 9.63. The fourth-order valence-electron chi connectivity index (χ4n) is 6.46. The fourth-order valence-corrected chi connectivity index (χ4v) is 6.46. The molecule has 212 valence electrons. The van der Waals surface area contributed by atoms with Crippen molar-refractivity contribution in [3.8, 4) is 11.5 Å². The van der Waals surface area contributed by atoms with Gasteiger partial charge in [-0.3, -0.25) is 9.59 Å². The van der Waals surface area contributed by atoms with E-state index in [9.17, 15) is 19.5 Å². The molecule has 0 amide bonds.